The summed E-state index contributed by atoms with van der Waals surface area (Å²) in [5, 5.41) is 11.4. The minimum Gasteiger partial charge on any atom is -0.381 e. The molecule has 4 heterocycles. The zero-order valence-electron chi connectivity index (χ0n) is 19.7. The summed E-state index contributed by atoms with van der Waals surface area (Å²) in [6.45, 7) is 6.30. The average molecular weight is 625 g/mol. The van der Waals surface area contributed by atoms with E-state index >= 15 is 0 Å². The molecule has 0 saturated carbocycles. The molecule has 0 radical (unpaired) electrons. The zero-order chi connectivity index (χ0) is 25.4. The van der Waals surface area contributed by atoms with Gasteiger partial charge in [-0.05, 0) is 71.1 Å². The molecular weight excluding hydrogens is 603 g/mol. The second kappa shape index (κ2) is 9.87. The van der Waals surface area contributed by atoms with Gasteiger partial charge in [-0.2, -0.15) is 0 Å². The van der Waals surface area contributed by atoms with E-state index in [9.17, 15) is 4.79 Å². The first kappa shape index (κ1) is 24.8. The van der Waals surface area contributed by atoms with Crippen molar-refractivity contribution in [3.8, 4) is 34.4 Å². The largest absolute Gasteiger partial charge is 0.381 e. The minimum atomic E-state index is -0.670. The van der Waals surface area contributed by atoms with Crippen molar-refractivity contribution in [2.45, 2.75) is 32.4 Å². The second-order valence-corrected chi connectivity index (χ2v) is 11.7. The molecule has 7 nitrogen and oxygen atoms in total. The number of halogens is 1. The molecule has 4 aromatic rings. The number of hydrogen-bond donors (Lipinski definition) is 3. The Labute approximate surface area is 229 Å². The van der Waals surface area contributed by atoms with Crippen LogP contribution in [0, 0.1) is 23.0 Å². The molecule has 0 unspecified atom stereocenters. The number of nitrogens with two attached hydrogens (primary N) is 1. The number of carbonyl (C=O) groups excluding carboxylic acids is 1. The lowest BCUT2D eigenvalue weighted by Gasteiger charge is -2.10. The summed E-state index contributed by atoms with van der Waals surface area (Å²) in [4.78, 5) is 27.4. The summed E-state index contributed by atoms with van der Waals surface area (Å²) in [5.74, 6) is 9.28. The van der Waals surface area contributed by atoms with Gasteiger partial charge in [0.05, 0.1) is 28.1 Å². The first-order chi connectivity index (χ1) is 17.2. The third kappa shape index (κ3) is 5.13. The van der Waals surface area contributed by atoms with Crippen LogP contribution in [0.2, 0.25) is 0 Å². The minimum absolute atomic E-state index is 0.0463. The Morgan fingerprint density at radius 1 is 1.17 bits per heavy atom. The fraction of sp³-hybridized carbons (Fsp3) is 0.231. The molecule has 1 amide bonds. The fourth-order valence-corrected chi connectivity index (χ4v) is 5.43. The number of hydrogen-bond acceptors (Lipinski definition) is 8. The van der Waals surface area contributed by atoms with Gasteiger partial charge in [0.1, 0.15) is 10.6 Å². The number of nitrogens with zero attached hydrogens (tertiary/aromatic N) is 3. The lowest BCUT2D eigenvalue weighted by molar-refractivity contribution is 0.0949. The predicted molar refractivity (Wildman–Crippen MR) is 157 cm³/mol. The van der Waals surface area contributed by atoms with Gasteiger partial charge in [-0.1, -0.05) is 5.92 Å². The summed E-state index contributed by atoms with van der Waals surface area (Å²) < 4.78 is 1.04. The maximum absolute atomic E-state index is 12.7. The first-order valence-corrected chi connectivity index (χ1v) is 15.3. The van der Waals surface area contributed by atoms with E-state index in [1.807, 2.05) is 51.1 Å². The van der Waals surface area contributed by atoms with Gasteiger partial charge in [0.25, 0.3) is 5.91 Å². The van der Waals surface area contributed by atoms with E-state index < -0.39 is 5.54 Å². The number of aromatic nitrogens is 3. The predicted octanol–water partition coefficient (Wildman–Crippen LogP) is 4.93. The quantitative estimate of drug-likeness (QED) is 0.204. The average Bonchev–Trinajstić information content (AvgIpc) is 3.17. The topological polar surface area (TPSA) is 106 Å². The Bertz CT molecular complexity index is 1650. The summed E-state index contributed by atoms with van der Waals surface area (Å²) in [6.07, 6.45) is 0. The molecular formula is C26H21IN6OS2. The molecule has 1 atom stereocenters. The molecule has 1 aromatic carbocycles. The number of nitrogens with one attached hydrogen (secondary N) is 2. The molecule has 0 spiro atoms. The smallest absolute Gasteiger partial charge is 0.263 e. The Balaban J connectivity index is 1.65. The Morgan fingerprint density at radius 2 is 2.00 bits per heavy atom. The maximum atomic E-state index is 12.7. The highest BCUT2D eigenvalue weighted by molar-refractivity contribution is 14.2. The molecule has 36 heavy (non-hydrogen) atoms. The third-order valence-electron chi connectivity index (χ3n) is 5.39. The molecule has 3 aromatic heterocycles. The number of benzene rings is 1. The van der Waals surface area contributed by atoms with Crippen LogP contribution in [0.4, 0.5) is 5.69 Å². The fourth-order valence-electron chi connectivity index (χ4n) is 3.86. The number of fused-ring (bicyclic) bond motifs is 5. The highest BCUT2D eigenvalue weighted by Gasteiger charge is 2.24. The van der Waals surface area contributed by atoms with Crippen molar-refractivity contribution in [2.75, 3.05) is 11.9 Å². The summed E-state index contributed by atoms with van der Waals surface area (Å²) in [5.41, 5.74) is 8.91. The summed E-state index contributed by atoms with van der Waals surface area (Å²) >= 11 is 3.61. The van der Waals surface area contributed by atoms with E-state index in [1.165, 1.54) is 20.3 Å². The molecule has 5 rings (SSSR count). The number of pyridine rings is 1. The van der Waals surface area contributed by atoms with E-state index in [-0.39, 0.29) is 11.9 Å². The molecule has 10 heteroatoms. The van der Waals surface area contributed by atoms with Gasteiger partial charge in [0.15, 0.2) is 0 Å². The Hall–Kier alpha value is -2.90. The van der Waals surface area contributed by atoms with Crippen LogP contribution in [0.5, 0.6) is 0 Å². The van der Waals surface area contributed by atoms with Crippen LogP contribution in [-0.4, -0.2) is 39.0 Å². The summed E-state index contributed by atoms with van der Waals surface area (Å²) in [7, 11) is 1.38. The first-order valence-electron chi connectivity index (χ1n) is 11.1. The van der Waals surface area contributed by atoms with Crippen molar-refractivity contribution in [3.63, 3.8) is 0 Å². The SMILES string of the molecule is C[C@@H]1CNc2c(sc3ccc4nc(-c5cc(C#CSI)nc(C#CC(C)(C)N)n5)ccc4c23)C(=O)N1. The number of thiophene rings is 1. The number of amides is 1. The van der Waals surface area contributed by atoms with Crippen molar-refractivity contribution in [1.29, 1.82) is 0 Å². The molecule has 1 aliphatic heterocycles. The molecule has 1 aliphatic rings. The van der Waals surface area contributed by atoms with Crippen LogP contribution in [-0.2, 0) is 0 Å². The van der Waals surface area contributed by atoms with Gasteiger partial charge >= 0.3 is 0 Å². The van der Waals surface area contributed by atoms with Crippen molar-refractivity contribution < 1.29 is 4.79 Å². The van der Waals surface area contributed by atoms with E-state index in [0.717, 1.165) is 26.7 Å². The summed E-state index contributed by atoms with van der Waals surface area (Å²) in [6, 6.07) is 9.82. The van der Waals surface area contributed by atoms with Crippen LogP contribution in [0.25, 0.3) is 32.4 Å². The van der Waals surface area contributed by atoms with Gasteiger partial charge < -0.3 is 16.4 Å². The van der Waals surface area contributed by atoms with E-state index in [4.69, 9.17) is 10.7 Å². The molecule has 0 bridgehead atoms. The monoisotopic (exact) mass is 624 g/mol. The van der Waals surface area contributed by atoms with E-state index in [1.54, 1.807) is 0 Å². The number of carbonyl (C=O) groups is 1. The van der Waals surface area contributed by atoms with Crippen molar-refractivity contribution in [2.24, 2.45) is 5.73 Å². The molecule has 0 saturated heterocycles. The molecule has 180 valence electrons. The van der Waals surface area contributed by atoms with Crippen molar-refractivity contribution in [1.82, 2.24) is 20.3 Å². The van der Waals surface area contributed by atoms with Gasteiger partial charge in [-0.3, -0.25) is 4.79 Å². The third-order valence-corrected chi connectivity index (χ3v) is 7.39. The van der Waals surface area contributed by atoms with Crippen LogP contribution in [0.15, 0.2) is 30.3 Å². The zero-order valence-corrected chi connectivity index (χ0v) is 23.5. The Kier molecular flexibility index (Phi) is 6.79. The van der Waals surface area contributed by atoms with Crippen LogP contribution < -0.4 is 16.4 Å². The highest BCUT2D eigenvalue weighted by atomic mass is 127. The lowest BCUT2D eigenvalue weighted by atomic mass is 10.1. The molecule has 4 N–H and O–H groups in total. The second-order valence-electron chi connectivity index (χ2n) is 9.00. The lowest BCUT2D eigenvalue weighted by Crippen LogP contribution is -2.34. The van der Waals surface area contributed by atoms with Gasteiger partial charge in [-0.25, -0.2) is 15.0 Å². The standard InChI is InChI=1S/C26H21IN6OS2/c1-14-13-29-23-22-16-4-5-18(32-17(16)6-7-20(22)36-24(23)25(34)30-14)19-12-15(9-11-35-27)31-21(33-19)8-10-26(2,3)28/h4-7,12,14,29H,13,28H2,1-3H3,(H,30,34)/t14-/m1/s1. The van der Waals surface area contributed by atoms with Crippen LogP contribution in [0.1, 0.15) is 42.0 Å². The van der Waals surface area contributed by atoms with Gasteiger partial charge in [0, 0.05) is 55.3 Å². The highest BCUT2D eigenvalue weighted by Crippen LogP contribution is 2.41. The Morgan fingerprint density at radius 3 is 2.78 bits per heavy atom. The molecule has 0 aliphatic carbocycles. The van der Waals surface area contributed by atoms with Crippen molar-refractivity contribution in [3.05, 3.63) is 46.7 Å². The number of rotatable bonds is 1. The van der Waals surface area contributed by atoms with Gasteiger partial charge in [-0.15, -0.1) is 11.3 Å². The van der Waals surface area contributed by atoms with E-state index in [0.29, 0.717) is 34.3 Å². The van der Waals surface area contributed by atoms with Crippen LogP contribution in [0.3, 0.4) is 0 Å². The van der Waals surface area contributed by atoms with Crippen LogP contribution >= 0.6 is 41.5 Å². The van der Waals surface area contributed by atoms with Crippen molar-refractivity contribution >= 4 is 74.1 Å². The van der Waals surface area contributed by atoms with E-state index in [2.05, 4.69) is 64.8 Å². The number of anilines is 1. The van der Waals surface area contributed by atoms with Gasteiger partial charge in [0.2, 0.25) is 5.82 Å². The normalized spacial score (nSPS) is 15.1. The maximum Gasteiger partial charge on any atom is 0.263 e. The molecule has 0 fully saturated rings.